The molecule has 124 valence electrons. The van der Waals surface area contributed by atoms with Gasteiger partial charge in [0.05, 0.1) is 16.8 Å². The Labute approximate surface area is 134 Å². The Hall–Kier alpha value is -3.03. The molecule has 0 unspecified atom stereocenters. The van der Waals surface area contributed by atoms with E-state index in [0.29, 0.717) is 5.69 Å². The SMILES string of the molecule is O=C1CN(c2ccc(C(F)(F)F)cc2)N=C1c1cc(O)ccc1O. The molecule has 1 aliphatic heterocycles. The first-order valence-electron chi connectivity index (χ1n) is 6.84. The van der Waals surface area contributed by atoms with Gasteiger partial charge >= 0.3 is 6.18 Å². The van der Waals surface area contributed by atoms with E-state index in [4.69, 9.17) is 0 Å². The van der Waals surface area contributed by atoms with Crippen LogP contribution in [0.1, 0.15) is 11.1 Å². The fraction of sp³-hybridized carbons (Fsp3) is 0.125. The van der Waals surface area contributed by atoms with Gasteiger partial charge in [-0.2, -0.15) is 18.3 Å². The van der Waals surface area contributed by atoms with E-state index >= 15 is 0 Å². The summed E-state index contributed by atoms with van der Waals surface area (Å²) in [7, 11) is 0. The van der Waals surface area contributed by atoms with Gasteiger partial charge in [0.15, 0.2) is 0 Å². The Balaban J connectivity index is 1.93. The van der Waals surface area contributed by atoms with Crippen molar-refractivity contribution in [1.82, 2.24) is 0 Å². The van der Waals surface area contributed by atoms with Crippen molar-refractivity contribution in [3.63, 3.8) is 0 Å². The Morgan fingerprint density at radius 2 is 1.71 bits per heavy atom. The van der Waals surface area contributed by atoms with Crippen molar-refractivity contribution in [2.45, 2.75) is 6.18 Å². The van der Waals surface area contributed by atoms with Crippen LogP contribution in [0.5, 0.6) is 11.5 Å². The Morgan fingerprint density at radius 1 is 1.04 bits per heavy atom. The Kier molecular flexibility index (Phi) is 3.67. The summed E-state index contributed by atoms with van der Waals surface area (Å²) in [5.74, 6) is -0.795. The molecular weight excluding hydrogens is 325 g/mol. The van der Waals surface area contributed by atoms with Crippen LogP contribution >= 0.6 is 0 Å². The fourth-order valence-electron chi connectivity index (χ4n) is 2.31. The van der Waals surface area contributed by atoms with Crippen molar-refractivity contribution in [3.05, 3.63) is 53.6 Å². The van der Waals surface area contributed by atoms with Gasteiger partial charge in [-0.25, -0.2) is 0 Å². The second-order valence-corrected chi connectivity index (χ2v) is 5.18. The lowest BCUT2D eigenvalue weighted by molar-refractivity contribution is -0.137. The topological polar surface area (TPSA) is 73.1 Å². The van der Waals surface area contributed by atoms with E-state index in [1.165, 1.54) is 35.3 Å². The summed E-state index contributed by atoms with van der Waals surface area (Å²) < 4.78 is 37.7. The molecule has 0 saturated carbocycles. The number of hydrogen-bond acceptors (Lipinski definition) is 5. The highest BCUT2D eigenvalue weighted by molar-refractivity contribution is 6.49. The van der Waals surface area contributed by atoms with E-state index in [2.05, 4.69) is 5.10 Å². The number of carbonyl (C=O) groups excluding carboxylic acids is 1. The summed E-state index contributed by atoms with van der Waals surface area (Å²) in [6, 6.07) is 7.91. The fourth-order valence-corrected chi connectivity index (χ4v) is 2.31. The third-order valence-electron chi connectivity index (χ3n) is 3.51. The highest BCUT2D eigenvalue weighted by Gasteiger charge is 2.31. The number of ketones is 1. The number of halogens is 3. The van der Waals surface area contributed by atoms with Gasteiger partial charge in [0, 0.05) is 0 Å². The van der Waals surface area contributed by atoms with E-state index < -0.39 is 17.5 Å². The average molecular weight is 336 g/mol. The van der Waals surface area contributed by atoms with Gasteiger partial charge in [0.2, 0.25) is 5.78 Å². The zero-order valence-electron chi connectivity index (χ0n) is 12.1. The molecule has 3 rings (SSSR count). The van der Waals surface area contributed by atoms with E-state index in [0.717, 1.165) is 12.1 Å². The van der Waals surface area contributed by atoms with Gasteiger partial charge in [0.1, 0.15) is 23.8 Å². The normalized spacial score (nSPS) is 14.9. The minimum absolute atomic E-state index is 0.0643. The predicted molar refractivity (Wildman–Crippen MR) is 80.1 cm³/mol. The number of rotatable bonds is 2. The summed E-state index contributed by atoms with van der Waals surface area (Å²) >= 11 is 0. The third kappa shape index (κ3) is 2.90. The third-order valence-corrected chi connectivity index (χ3v) is 3.51. The Bertz CT molecular complexity index is 829. The molecule has 1 aliphatic rings. The van der Waals surface area contributed by atoms with Crippen LogP contribution in [-0.4, -0.2) is 28.3 Å². The zero-order valence-corrected chi connectivity index (χ0v) is 12.1. The molecule has 0 aliphatic carbocycles. The predicted octanol–water partition coefficient (Wildman–Crippen LogP) is 2.91. The van der Waals surface area contributed by atoms with Gasteiger partial charge in [-0.15, -0.1) is 0 Å². The van der Waals surface area contributed by atoms with Crippen molar-refractivity contribution in [1.29, 1.82) is 0 Å². The molecule has 24 heavy (non-hydrogen) atoms. The monoisotopic (exact) mass is 336 g/mol. The van der Waals surface area contributed by atoms with Crippen LogP contribution in [0.25, 0.3) is 0 Å². The first-order valence-corrected chi connectivity index (χ1v) is 6.84. The van der Waals surface area contributed by atoms with E-state index in [-0.39, 0.29) is 29.3 Å². The summed E-state index contributed by atoms with van der Waals surface area (Å²) in [6.07, 6.45) is -4.44. The van der Waals surface area contributed by atoms with Crippen LogP contribution in [0.3, 0.4) is 0 Å². The van der Waals surface area contributed by atoms with Crippen LogP contribution in [0.15, 0.2) is 47.6 Å². The van der Waals surface area contributed by atoms with Crippen LogP contribution in [0.2, 0.25) is 0 Å². The lowest BCUT2D eigenvalue weighted by Gasteiger charge is -2.14. The van der Waals surface area contributed by atoms with Gasteiger partial charge in [0.25, 0.3) is 0 Å². The quantitative estimate of drug-likeness (QED) is 0.827. The standard InChI is InChI=1S/C16H11F3N2O3/c17-16(18,19)9-1-3-10(4-2-9)21-8-14(24)15(20-21)12-7-11(22)5-6-13(12)23/h1-7,22-23H,8H2. The van der Waals surface area contributed by atoms with E-state index in [1.807, 2.05) is 0 Å². The molecule has 0 amide bonds. The maximum Gasteiger partial charge on any atom is 0.416 e. The van der Waals surface area contributed by atoms with Gasteiger partial charge in [-0.3, -0.25) is 9.80 Å². The molecule has 0 fully saturated rings. The molecule has 0 bridgehead atoms. The summed E-state index contributed by atoms with van der Waals surface area (Å²) in [6.45, 7) is -0.171. The molecule has 2 aromatic carbocycles. The zero-order chi connectivity index (χ0) is 17.5. The number of benzene rings is 2. The lowest BCUT2D eigenvalue weighted by Crippen LogP contribution is -2.19. The number of phenolic OH excluding ortho intramolecular Hbond substituents is 2. The van der Waals surface area contributed by atoms with Gasteiger partial charge in [-0.1, -0.05) is 0 Å². The number of phenols is 2. The number of anilines is 1. The number of alkyl halides is 3. The number of hydrazone groups is 1. The first-order chi connectivity index (χ1) is 11.3. The molecule has 0 radical (unpaired) electrons. The minimum Gasteiger partial charge on any atom is -0.508 e. The van der Waals surface area contributed by atoms with Crippen LogP contribution in [0.4, 0.5) is 18.9 Å². The summed E-state index contributed by atoms with van der Waals surface area (Å²) in [5, 5.41) is 24.6. The van der Waals surface area contributed by atoms with Crippen LogP contribution in [0, 0.1) is 0 Å². The average Bonchev–Trinajstić information content (AvgIpc) is 2.91. The molecule has 0 spiro atoms. The second-order valence-electron chi connectivity index (χ2n) is 5.18. The molecular formula is C16H11F3N2O3. The molecule has 0 atom stereocenters. The van der Waals surface area contributed by atoms with Crippen molar-refractivity contribution in [3.8, 4) is 11.5 Å². The molecule has 2 N–H and O–H groups in total. The first kappa shape index (κ1) is 15.9. The lowest BCUT2D eigenvalue weighted by atomic mass is 10.1. The molecule has 1 heterocycles. The van der Waals surface area contributed by atoms with Crippen molar-refractivity contribution in [2.75, 3.05) is 11.6 Å². The smallest absolute Gasteiger partial charge is 0.416 e. The highest BCUT2D eigenvalue weighted by Crippen LogP contribution is 2.32. The molecule has 2 aromatic rings. The Morgan fingerprint density at radius 3 is 2.33 bits per heavy atom. The van der Waals surface area contributed by atoms with E-state index in [9.17, 15) is 28.2 Å². The molecule has 0 aromatic heterocycles. The maximum absolute atomic E-state index is 12.6. The van der Waals surface area contributed by atoms with Gasteiger partial charge < -0.3 is 10.2 Å². The van der Waals surface area contributed by atoms with Gasteiger partial charge in [-0.05, 0) is 42.5 Å². The number of carbonyl (C=O) groups is 1. The van der Waals surface area contributed by atoms with E-state index in [1.54, 1.807) is 0 Å². The highest BCUT2D eigenvalue weighted by atomic mass is 19.4. The largest absolute Gasteiger partial charge is 0.508 e. The number of aromatic hydroxyl groups is 2. The van der Waals surface area contributed by atoms with Crippen molar-refractivity contribution >= 4 is 17.2 Å². The maximum atomic E-state index is 12.6. The number of nitrogens with zero attached hydrogens (tertiary/aromatic N) is 2. The second kappa shape index (κ2) is 5.55. The minimum atomic E-state index is -4.44. The van der Waals surface area contributed by atoms with Crippen molar-refractivity contribution < 1.29 is 28.2 Å². The summed E-state index contributed by atoms with van der Waals surface area (Å²) in [4.78, 5) is 12.1. The number of hydrogen-bond donors (Lipinski definition) is 2. The van der Waals surface area contributed by atoms with Crippen LogP contribution in [-0.2, 0) is 11.0 Å². The summed E-state index contributed by atoms with van der Waals surface area (Å²) in [5.41, 5.74) is -0.490. The molecule has 5 nitrogen and oxygen atoms in total. The van der Waals surface area contributed by atoms with Crippen molar-refractivity contribution in [2.24, 2.45) is 5.10 Å². The molecule has 8 heteroatoms. The van der Waals surface area contributed by atoms with Crippen LogP contribution < -0.4 is 5.01 Å². The number of Topliss-reactive ketones (excluding diaryl/α,β-unsaturated/α-hetero) is 1. The molecule has 0 saturated heterocycles.